The van der Waals surface area contributed by atoms with Crippen molar-refractivity contribution in [1.29, 1.82) is 0 Å². The first kappa shape index (κ1) is 16.6. The minimum Gasteiger partial charge on any atom is -0.478 e. The lowest BCUT2D eigenvalue weighted by Crippen LogP contribution is -2.22. The Morgan fingerprint density at radius 3 is 2.40 bits per heavy atom. The van der Waals surface area contributed by atoms with E-state index in [1.54, 1.807) is 25.1 Å². The summed E-state index contributed by atoms with van der Waals surface area (Å²) in [6, 6.07) is 6.52. The van der Waals surface area contributed by atoms with Gasteiger partial charge in [-0.1, -0.05) is 0 Å². The molecule has 0 fully saturated rings. The van der Waals surface area contributed by atoms with Crippen LogP contribution in [0.4, 0.5) is 0 Å². The number of carboxylic acids is 1. The van der Waals surface area contributed by atoms with Crippen molar-refractivity contribution >= 4 is 22.9 Å². The number of carbonyl (C=O) groups excluding carboxylic acids is 1. The molecule has 0 radical (unpaired) electrons. The Hall–Kier alpha value is -3.22. The zero-order valence-corrected chi connectivity index (χ0v) is 14.1. The van der Waals surface area contributed by atoms with E-state index in [-0.39, 0.29) is 18.0 Å². The fourth-order valence-electron chi connectivity index (χ4n) is 2.48. The minimum absolute atomic E-state index is 0.0936. The van der Waals surface area contributed by atoms with Gasteiger partial charge < -0.3 is 14.8 Å². The topological polar surface area (TPSA) is 105 Å². The summed E-state index contributed by atoms with van der Waals surface area (Å²) in [4.78, 5) is 32.2. The number of benzene rings is 1. The summed E-state index contributed by atoms with van der Waals surface area (Å²) in [6.07, 6.45) is 0. The smallest absolute Gasteiger partial charge is 0.339 e. The normalized spacial score (nSPS) is 10.8. The van der Waals surface area contributed by atoms with E-state index < -0.39 is 5.97 Å². The van der Waals surface area contributed by atoms with Gasteiger partial charge in [-0.25, -0.2) is 14.8 Å². The molecule has 0 aliphatic heterocycles. The highest BCUT2D eigenvalue weighted by atomic mass is 16.4. The van der Waals surface area contributed by atoms with Crippen LogP contribution in [0.25, 0.3) is 11.0 Å². The molecular formula is C18H17N3O4. The Morgan fingerprint density at radius 2 is 1.76 bits per heavy atom. The molecule has 0 spiro atoms. The highest BCUT2D eigenvalue weighted by Crippen LogP contribution is 2.16. The quantitative estimate of drug-likeness (QED) is 0.757. The Bertz CT molecular complexity index is 991. The molecule has 7 heteroatoms. The number of aryl methyl sites for hydroxylation is 3. The molecule has 0 atom stereocenters. The van der Waals surface area contributed by atoms with Gasteiger partial charge in [0.1, 0.15) is 17.1 Å². The number of nitrogens with one attached hydrogen (secondary N) is 1. The van der Waals surface area contributed by atoms with Crippen LogP contribution >= 0.6 is 0 Å². The van der Waals surface area contributed by atoms with Crippen LogP contribution in [0.15, 0.2) is 28.7 Å². The van der Waals surface area contributed by atoms with Gasteiger partial charge in [0.25, 0.3) is 5.91 Å². The first-order chi connectivity index (χ1) is 11.8. The molecule has 128 valence electrons. The predicted molar refractivity (Wildman–Crippen MR) is 90.6 cm³/mol. The number of carbonyl (C=O) groups is 2. The number of hydrogen-bond donors (Lipinski definition) is 2. The van der Waals surface area contributed by atoms with Crippen LogP contribution in [0.1, 0.15) is 43.6 Å². The molecule has 1 amide bonds. The first-order valence-electron chi connectivity index (χ1n) is 7.71. The van der Waals surface area contributed by atoms with Crippen LogP contribution in [0.2, 0.25) is 0 Å². The fraction of sp³-hybridized carbons (Fsp3) is 0.222. The van der Waals surface area contributed by atoms with Crippen LogP contribution in [0, 0.1) is 20.8 Å². The predicted octanol–water partition coefficient (Wildman–Crippen LogP) is 2.78. The van der Waals surface area contributed by atoms with Gasteiger partial charge >= 0.3 is 5.97 Å². The third-order valence-corrected chi connectivity index (χ3v) is 3.96. The van der Waals surface area contributed by atoms with Crippen LogP contribution in [0.3, 0.4) is 0 Å². The number of fused-ring (bicyclic) bond motifs is 1. The Balaban J connectivity index is 1.77. The fourth-order valence-corrected chi connectivity index (χ4v) is 2.48. The number of amides is 1. The van der Waals surface area contributed by atoms with E-state index in [0.717, 1.165) is 16.9 Å². The average molecular weight is 339 g/mol. The minimum atomic E-state index is -1.06. The van der Waals surface area contributed by atoms with Gasteiger partial charge in [-0.3, -0.25) is 4.79 Å². The summed E-state index contributed by atoms with van der Waals surface area (Å²) >= 11 is 0. The largest absolute Gasteiger partial charge is 0.478 e. The monoisotopic (exact) mass is 339 g/mol. The van der Waals surface area contributed by atoms with Crippen molar-refractivity contribution in [3.05, 3.63) is 58.3 Å². The van der Waals surface area contributed by atoms with Crippen LogP contribution in [-0.2, 0) is 6.54 Å². The summed E-state index contributed by atoms with van der Waals surface area (Å²) in [6.45, 7) is 5.43. The van der Waals surface area contributed by atoms with Crippen LogP contribution in [-0.4, -0.2) is 27.0 Å². The van der Waals surface area contributed by atoms with Gasteiger partial charge in [0, 0.05) is 5.56 Å². The first-order valence-corrected chi connectivity index (χ1v) is 7.71. The molecule has 0 saturated heterocycles. The molecule has 3 rings (SSSR count). The van der Waals surface area contributed by atoms with Crippen LogP contribution in [0.5, 0.6) is 0 Å². The van der Waals surface area contributed by atoms with Crippen molar-refractivity contribution in [2.24, 2.45) is 0 Å². The molecule has 0 aliphatic rings. The van der Waals surface area contributed by atoms with Crippen molar-refractivity contribution < 1.29 is 19.1 Å². The van der Waals surface area contributed by atoms with Gasteiger partial charge in [-0.2, -0.15) is 0 Å². The number of carboxylic acid groups (broad SMARTS) is 1. The highest BCUT2D eigenvalue weighted by Gasteiger charge is 2.15. The molecule has 0 unspecified atom stereocenters. The molecule has 2 aromatic heterocycles. The molecule has 3 aromatic rings. The van der Waals surface area contributed by atoms with Crippen LogP contribution < -0.4 is 5.32 Å². The zero-order chi connectivity index (χ0) is 18.1. The number of furan rings is 1. The highest BCUT2D eigenvalue weighted by molar-refractivity contribution is 5.97. The van der Waals surface area contributed by atoms with E-state index in [9.17, 15) is 9.59 Å². The average Bonchev–Trinajstić information content (AvgIpc) is 2.94. The number of aromatic nitrogens is 2. The lowest BCUT2D eigenvalue weighted by molar-refractivity contribution is 0.0694. The molecular weight excluding hydrogens is 322 g/mol. The number of rotatable bonds is 4. The Morgan fingerprint density at radius 1 is 1.08 bits per heavy atom. The maximum atomic E-state index is 12.3. The number of nitrogens with zero attached hydrogens (tertiary/aromatic N) is 2. The summed E-state index contributed by atoms with van der Waals surface area (Å²) in [5.74, 6) is -0.663. The van der Waals surface area contributed by atoms with Gasteiger partial charge in [-0.15, -0.1) is 0 Å². The Kier molecular flexibility index (Phi) is 4.22. The second kappa shape index (κ2) is 6.35. The van der Waals surface area contributed by atoms with E-state index in [1.807, 2.05) is 13.8 Å². The maximum Gasteiger partial charge on any atom is 0.339 e. The van der Waals surface area contributed by atoms with Crippen molar-refractivity contribution in [3.63, 3.8) is 0 Å². The van der Waals surface area contributed by atoms with Gasteiger partial charge in [0.05, 0.1) is 29.0 Å². The number of hydrogen-bond acceptors (Lipinski definition) is 5. The standard InChI is InChI=1S/C18H17N3O4/c1-9-10(2)21-16-6-12(4-5-15(16)20-9)17(22)19-8-13-7-14(18(23)24)11(3)25-13/h4-7H,8H2,1-3H3,(H,19,22)(H,23,24). The lowest BCUT2D eigenvalue weighted by Gasteiger charge is -2.06. The second-order valence-electron chi connectivity index (χ2n) is 5.77. The summed E-state index contributed by atoms with van der Waals surface area (Å²) < 4.78 is 5.34. The van der Waals surface area contributed by atoms with Crippen molar-refractivity contribution in [2.75, 3.05) is 0 Å². The lowest BCUT2D eigenvalue weighted by atomic mass is 10.1. The molecule has 1 aromatic carbocycles. The summed E-state index contributed by atoms with van der Waals surface area (Å²) in [5.41, 5.74) is 3.59. The summed E-state index contributed by atoms with van der Waals surface area (Å²) in [5, 5.41) is 11.7. The van der Waals surface area contributed by atoms with Crippen molar-refractivity contribution in [3.8, 4) is 0 Å². The number of aromatic carboxylic acids is 1. The van der Waals surface area contributed by atoms with E-state index in [0.29, 0.717) is 22.6 Å². The molecule has 0 saturated carbocycles. The molecule has 0 aliphatic carbocycles. The SMILES string of the molecule is Cc1nc2ccc(C(=O)NCc3cc(C(=O)O)c(C)o3)cc2nc1C. The third-order valence-electron chi connectivity index (χ3n) is 3.96. The zero-order valence-electron chi connectivity index (χ0n) is 14.1. The van der Waals surface area contributed by atoms with E-state index in [4.69, 9.17) is 9.52 Å². The molecule has 0 bridgehead atoms. The van der Waals surface area contributed by atoms with Crippen molar-refractivity contribution in [2.45, 2.75) is 27.3 Å². The van der Waals surface area contributed by atoms with Gasteiger partial charge in [-0.05, 0) is 45.0 Å². The molecule has 25 heavy (non-hydrogen) atoms. The van der Waals surface area contributed by atoms with Crippen molar-refractivity contribution in [1.82, 2.24) is 15.3 Å². The Labute approximate surface area is 143 Å². The molecule has 2 N–H and O–H groups in total. The maximum absolute atomic E-state index is 12.3. The van der Waals surface area contributed by atoms with Gasteiger partial charge in [0.15, 0.2) is 0 Å². The molecule has 2 heterocycles. The third kappa shape index (κ3) is 3.35. The van der Waals surface area contributed by atoms with E-state index in [2.05, 4.69) is 15.3 Å². The summed E-state index contributed by atoms with van der Waals surface area (Å²) in [7, 11) is 0. The van der Waals surface area contributed by atoms with E-state index in [1.165, 1.54) is 6.07 Å². The van der Waals surface area contributed by atoms with E-state index >= 15 is 0 Å². The van der Waals surface area contributed by atoms with Gasteiger partial charge in [0.2, 0.25) is 0 Å². The second-order valence-corrected chi connectivity index (χ2v) is 5.77. The molecule has 7 nitrogen and oxygen atoms in total.